The average molecular weight is 249 g/mol. The molecule has 3 atom stereocenters. The first-order valence-electron chi connectivity index (χ1n) is 7.69. The Labute approximate surface area is 111 Å². The van der Waals surface area contributed by atoms with Gasteiger partial charge in [-0.05, 0) is 50.9 Å². The van der Waals surface area contributed by atoms with E-state index >= 15 is 0 Å². The van der Waals surface area contributed by atoms with Crippen molar-refractivity contribution < 1.29 is 5.11 Å². The smallest absolute Gasteiger partial charge is 0.0863 e. The molecule has 0 aromatic rings. The summed E-state index contributed by atoms with van der Waals surface area (Å²) in [7, 11) is 0. The van der Waals surface area contributed by atoms with Crippen molar-refractivity contribution in [2.75, 3.05) is 0 Å². The lowest BCUT2D eigenvalue weighted by molar-refractivity contribution is -0.0962. The third-order valence-corrected chi connectivity index (χ3v) is 5.78. The summed E-state index contributed by atoms with van der Waals surface area (Å²) in [6.45, 7) is 4.15. The van der Waals surface area contributed by atoms with Crippen LogP contribution in [0.25, 0.3) is 0 Å². The molecule has 0 aromatic carbocycles. The zero-order chi connectivity index (χ0) is 13.2. The lowest BCUT2D eigenvalue weighted by atomic mass is 9.62. The topological polar surface area (TPSA) is 44.0 Å². The summed E-state index contributed by atoms with van der Waals surface area (Å²) >= 11 is 0. The Balaban J connectivity index is 2.18. The minimum absolute atomic E-state index is 0.335. The Kier molecular flexibility index (Phi) is 4.02. The molecule has 2 aliphatic rings. The number of nitrogens with zero attached hydrogens (tertiary/aromatic N) is 1. The Hall–Kier alpha value is -0.550. The van der Waals surface area contributed by atoms with Gasteiger partial charge in [-0.3, -0.25) is 0 Å². The first kappa shape index (κ1) is 13.9. The van der Waals surface area contributed by atoms with Gasteiger partial charge >= 0.3 is 0 Å². The van der Waals surface area contributed by atoms with Crippen LogP contribution in [-0.4, -0.2) is 10.7 Å². The van der Waals surface area contributed by atoms with Gasteiger partial charge in [-0.1, -0.05) is 32.6 Å². The molecule has 18 heavy (non-hydrogen) atoms. The Morgan fingerprint density at radius 2 is 1.94 bits per heavy atom. The minimum Gasteiger partial charge on any atom is -0.388 e. The van der Waals surface area contributed by atoms with E-state index in [2.05, 4.69) is 13.0 Å². The SMILES string of the molecule is CCC1CCC(C#N)(C(C)(O)C2CCCCC2)C1. The third-order valence-electron chi connectivity index (χ3n) is 5.78. The van der Waals surface area contributed by atoms with Gasteiger partial charge in [0, 0.05) is 0 Å². The van der Waals surface area contributed by atoms with Crippen molar-refractivity contribution in [2.24, 2.45) is 17.3 Å². The monoisotopic (exact) mass is 249 g/mol. The first-order valence-corrected chi connectivity index (χ1v) is 7.69. The number of hydrogen-bond donors (Lipinski definition) is 1. The molecule has 0 aliphatic heterocycles. The molecule has 3 unspecified atom stereocenters. The van der Waals surface area contributed by atoms with Gasteiger partial charge in [0.15, 0.2) is 0 Å². The third kappa shape index (κ3) is 2.18. The maximum atomic E-state index is 11.1. The van der Waals surface area contributed by atoms with Crippen LogP contribution in [0.15, 0.2) is 0 Å². The molecule has 0 aromatic heterocycles. The molecular formula is C16H27NO. The van der Waals surface area contributed by atoms with Gasteiger partial charge in [-0.2, -0.15) is 5.26 Å². The molecule has 2 fully saturated rings. The quantitative estimate of drug-likeness (QED) is 0.820. The molecule has 0 radical (unpaired) electrons. The van der Waals surface area contributed by atoms with Gasteiger partial charge < -0.3 is 5.11 Å². The molecule has 2 heteroatoms. The zero-order valence-electron chi connectivity index (χ0n) is 11.9. The molecule has 0 heterocycles. The van der Waals surface area contributed by atoms with Crippen molar-refractivity contribution in [3.8, 4) is 6.07 Å². The van der Waals surface area contributed by atoms with E-state index in [1.165, 1.54) is 19.3 Å². The molecule has 1 N–H and O–H groups in total. The van der Waals surface area contributed by atoms with E-state index in [0.29, 0.717) is 11.8 Å². The molecule has 0 saturated heterocycles. The van der Waals surface area contributed by atoms with Crippen LogP contribution in [0.3, 0.4) is 0 Å². The van der Waals surface area contributed by atoms with Crippen LogP contribution in [0, 0.1) is 28.6 Å². The molecule has 2 rings (SSSR count). The highest BCUT2D eigenvalue weighted by molar-refractivity contribution is 5.15. The van der Waals surface area contributed by atoms with E-state index in [0.717, 1.165) is 38.5 Å². The highest BCUT2D eigenvalue weighted by atomic mass is 16.3. The van der Waals surface area contributed by atoms with Crippen molar-refractivity contribution in [2.45, 2.75) is 77.2 Å². The molecular weight excluding hydrogens is 222 g/mol. The fourth-order valence-electron chi connectivity index (χ4n) is 4.23. The Morgan fingerprint density at radius 3 is 2.44 bits per heavy atom. The predicted molar refractivity (Wildman–Crippen MR) is 72.9 cm³/mol. The van der Waals surface area contributed by atoms with E-state index in [9.17, 15) is 10.4 Å². The normalized spacial score (nSPS) is 37.1. The van der Waals surface area contributed by atoms with Crippen molar-refractivity contribution in [1.29, 1.82) is 5.26 Å². The highest BCUT2D eigenvalue weighted by Crippen LogP contribution is 2.54. The van der Waals surface area contributed by atoms with Gasteiger partial charge in [0.1, 0.15) is 0 Å². The lowest BCUT2D eigenvalue weighted by Crippen LogP contribution is -2.50. The predicted octanol–water partition coefficient (Wildman–Crippen LogP) is 4.04. The van der Waals surface area contributed by atoms with Crippen molar-refractivity contribution >= 4 is 0 Å². The summed E-state index contributed by atoms with van der Waals surface area (Å²) in [5, 5.41) is 20.8. The number of nitriles is 1. The second kappa shape index (κ2) is 5.21. The van der Waals surface area contributed by atoms with Crippen LogP contribution >= 0.6 is 0 Å². The standard InChI is InChI=1S/C16H27NO/c1-3-13-9-10-16(11-13,12-17)15(2,18)14-7-5-4-6-8-14/h13-14,18H,3-11H2,1-2H3. The molecule has 2 aliphatic carbocycles. The van der Waals surface area contributed by atoms with Gasteiger partial charge in [-0.15, -0.1) is 0 Å². The summed E-state index contributed by atoms with van der Waals surface area (Å²) in [6.07, 6.45) is 10.0. The number of hydrogen-bond acceptors (Lipinski definition) is 2. The molecule has 0 spiro atoms. The molecule has 0 bridgehead atoms. The Morgan fingerprint density at radius 1 is 1.28 bits per heavy atom. The second-order valence-corrected chi connectivity index (χ2v) is 6.69. The largest absolute Gasteiger partial charge is 0.388 e. The molecule has 2 nitrogen and oxygen atoms in total. The van der Waals surface area contributed by atoms with Crippen molar-refractivity contribution in [3.63, 3.8) is 0 Å². The van der Waals surface area contributed by atoms with Crippen molar-refractivity contribution in [3.05, 3.63) is 0 Å². The molecule has 2 saturated carbocycles. The maximum Gasteiger partial charge on any atom is 0.0863 e. The second-order valence-electron chi connectivity index (χ2n) is 6.69. The zero-order valence-corrected chi connectivity index (χ0v) is 11.9. The van der Waals surface area contributed by atoms with Crippen molar-refractivity contribution in [1.82, 2.24) is 0 Å². The van der Waals surface area contributed by atoms with E-state index < -0.39 is 11.0 Å². The summed E-state index contributed by atoms with van der Waals surface area (Å²) in [5.41, 5.74) is -1.26. The summed E-state index contributed by atoms with van der Waals surface area (Å²) in [4.78, 5) is 0. The lowest BCUT2D eigenvalue weighted by Gasteiger charge is -2.45. The average Bonchev–Trinajstić information content (AvgIpc) is 2.85. The van der Waals surface area contributed by atoms with Crippen LogP contribution in [0.4, 0.5) is 0 Å². The molecule has 102 valence electrons. The summed E-state index contributed by atoms with van der Waals surface area (Å²) < 4.78 is 0. The minimum atomic E-state index is -0.786. The van der Waals surface area contributed by atoms with E-state index in [1.54, 1.807) is 0 Å². The van der Waals surface area contributed by atoms with E-state index in [-0.39, 0.29) is 0 Å². The first-order chi connectivity index (χ1) is 8.55. The fourth-order valence-corrected chi connectivity index (χ4v) is 4.23. The van der Waals surface area contributed by atoms with Crippen LogP contribution in [0.2, 0.25) is 0 Å². The molecule has 0 amide bonds. The number of rotatable bonds is 3. The van der Waals surface area contributed by atoms with Crippen LogP contribution in [0.5, 0.6) is 0 Å². The Bertz CT molecular complexity index is 324. The van der Waals surface area contributed by atoms with Crippen LogP contribution < -0.4 is 0 Å². The van der Waals surface area contributed by atoms with Gasteiger partial charge in [0.25, 0.3) is 0 Å². The van der Waals surface area contributed by atoms with Gasteiger partial charge in [-0.25, -0.2) is 0 Å². The maximum absolute atomic E-state index is 11.1. The number of aliphatic hydroxyl groups is 1. The highest BCUT2D eigenvalue weighted by Gasteiger charge is 2.55. The van der Waals surface area contributed by atoms with E-state index in [1.807, 2.05) is 6.92 Å². The van der Waals surface area contributed by atoms with Gasteiger partial charge in [0.05, 0.1) is 17.1 Å². The fraction of sp³-hybridized carbons (Fsp3) is 0.938. The van der Waals surface area contributed by atoms with Crippen LogP contribution in [-0.2, 0) is 0 Å². The summed E-state index contributed by atoms with van der Waals surface area (Å²) in [5.74, 6) is 0.973. The van der Waals surface area contributed by atoms with Gasteiger partial charge in [0.2, 0.25) is 0 Å². The summed E-state index contributed by atoms with van der Waals surface area (Å²) in [6, 6.07) is 2.53. The van der Waals surface area contributed by atoms with Crippen LogP contribution in [0.1, 0.15) is 71.6 Å². The van der Waals surface area contributed by atoms with E-state index in [4.69, 9.17) is 0 Å².